The first-order valence-electron chi connectivity index (χ1n) is 3.58. The van der Waals surface area contributed by atoms with Gasteiger partial charge in [-0.1, -0.05) is 20.3 Å². The Kier molecular flexibility index (Phi) is 5.10. The molecule has 1 unspecified atom stereocenters. The molecule has 0 amide bonds. The van der Waals surface area contributed by atoms with E-state index >= 15 is 0 Å². The van der Waals surface area contributed by atoms with Gasteiger partial charge in [0, 0.05) is 6.10 Å². The van der Waals surface area contributed by atoms with Crippen LogP contribution in [-0.2, 0) is 4.43 Å². The molecule has 0 aliphatic heterocycles. The van der Waals surface area contributed by atoms with Crippen LogP contribution in [0.25, 0.3) is 0 Å². The maximum absolute atomic E-state index is 5.42. The van der Waals surface area contributed by atoms with Gasteiger partial charge in [-0.15, -0.1) is 0 Å². The summed E-state index contributed by atoms with van der Waals surface area (Å²) in [7, 11) is 0.686. The van der Waals surface area contributed by atoms with E-state index in [0.29, 0.717) is 15.9 Å². The Hall–Kier alpha value is 0.177. The van der Waals surface area contributed by atoms with Gasteiger partial charge in [0.05, 0.1) is 0 Å². The fraction of sp³-hybridized carbons (Fsp3) is 1.00. The molecule has 54 valence electrons. The van der Waals surface area contributed by atoms with Gasteiger partial charge in [-0.25, -0.2) is 0 Å². The van der Waals surface area contributed by atoms with Crippen molar-refractivity contribution in [2.45, 2.75) is 45.8 Å². The summed E-state index contributed by atoms with van der Waals surface area (Å²) >= 11 is 0. The van der Waals surface area contributed by atoms with E-state index in [4.69, 9.17) is 4.43 Å². The maximum atomic E-state index is 5.42. The summed E-state index contributed by atoms with van der Waals surface area (Å²) < 4.78 is 5.42. The number of hydrogen-bond acceptors (Lipinski definition) is 1. The van der Waals surface area contributed by atoms with E-state index in [1.807, 2.05) is 0 Å². The van der Waals surface area contributed by atoms with E-state index in [1.54, 1.807) is 0 Å². The van der Waals surface area contributed by atoms with Gasteiger partial charge in [-0.05, 0) is 19.4 Å². The lowest BCUT2D eigenvalue weighted by atomic mass is 10.4. The van der Waals surface area contributed by atoms with Gasteiger partial charge in [0.2, 0.25) is 9.76 Å². The fourth-order valence-electron chi connectivity index (χ4n) is 0.336. The van der Waals surface area contributed by atoms with Crippen LogP contribution in [0.2, 0.25) is 5.54 Å². The van der Waals surface area contributed by atoms with Crippen LogP contribution >= 0.6 is 0 Å². The average molecular weight is 144 g/mol. The molecule has 0 saturated carbocycles. The van der Waals surface area contributed by atoms with Gasteiger partial charge >= 0.3 is 0 Å². The summed E-state index contributed by atoms with van der Waals surface area (Å²) in [6.07, 6.45) is 1.63. The van der Waals surface area contributed by atoms with E-state index in [0.717, 1.165) is 5.54 Å². The second kappa shape index (κ2) is 5.00. The zero-order valence-corrected chi connectivity index (χ0v) is 7.77. The van der Waals surface area contributed by atoms with Crippen molar-refractivity contribution in [3.63, 3.8) is 0 Å². The Morgan fingerprint density at radius 2 is 1.89 bits per heavy atom. The lowest BCUT2D eigenvalue weighted by Crippen LogP contribution is -2.10. The third-order valence-electron chi connectivity index (χ3n) is 1.12. The third kappa shape index (κ3) is 6.06. The van der Waals surface area contributed by atoms with Gasteiger partial charge in [0.25, 0.3) is 0 Å². The van der Waals surface area contributed by atoms with Crippen molar-refractivity contribution < 1.29 is 4.43 Å². The molecule has 0 saturated heterocycles. The highest BCUT2D eigenvalue weighted by Gasteiger charge is 2.02. The monoisotopic (exact) mass is 144 g/mol. The molecule has 0 N–H and O–H groups in total. The molecule has 9 heavy (non-hydrogen) atoms. The second-order valence-electron chi connectivity index (χ2n) is 2.59. The molecule has 1 atom stereocenters. The molecule has 0 aliphatic carbocycles. The Morgan fingerprint density at radius 1 is 1.33 bits per heavy atom. The molecular weight excluding hydrogens is 128 g/mol. The quantitative estimate of drug-likeness (QED) is 0.550. The van der Waals surface area contributed by atoms with E-state index in [2.05, 4.69) is 27.7 Å². The van der Waals surface area contributed by atoms with Crippen LogP contribution in [0.4, 0.5) is 0 Å². The minimum atomic E-state index is 0.400. The molecule has 0 rings (SSSR count). The molecular formula is C7H16OSi. The van der Waals surface area contributed by atoms with Gasteiger partial charge in [-0.3, -0.25) is 0 Å². The van der Waals surface area contributed by atoms with Gasteiger partial charge in [0.15, 0.2) is 0 Å². The molecule has 1 nitrogen and oxygen atoms in total. The van der Waals surface area contributed by atoms with Crippen molar-refractivity contribution in [3.8, 4) is 0 Å². The minimum absolute atomic E-state index is 0.400. The van der Waals surface area contributed by atoms with Crippen LogP contribution in [-0.4, -0.2) is 15.9 Å². The van der Waals surface area contributed by atoms with E-state index in [9.17, 15) is 0 Å². The van der Waals surface area contributed by atoms with E-state index < -0.39 is 0 Å². The summed E-state index contributed by atoms with van der Waals surface area (Å²) in [4.78, 5) is 0. The summed E-state index contributed by atoms with van der Waals surface area (Å²) in [6, 6.07) is 0. The predicted molar refractivity (Wildman–Crippen MR) is 41.7 cm³/mol. The van der Waals surface area contributed by atoms with E-state index in [1.165, 1.54) is 6.42 Å². The smallest absolute Gasteiger partial charge is 0.233 e. The molecule has 2 radical (unpaired) electrons. The molecule has 0 fully saturated rings. The van der Waals surface area contributed by atoms with Gasteiger partial charge in [-0.2, -0.15) is 0 Å². The first-order valence-corrected chi connectivity index (χ1v) is 4.56. The van der Waals surface area contributed by atoms with Gasteiger partial charge < -0.3 is 4.43 Å². The average Bonchev–Trinajstić information content (AvgIpc) is 1.83. The van der Waals surface area contributed by atoms with Crippen molar-refractivity contribution in [2.75, 3.05) is 0 Å². The molecule has 2 heteroatoms. The largest absolute Gasteiger partial charge is 0.415 e. The first-order chi connectivity index (χ1) is 4.16. The van der Waals surface area contributed by atoms with Crippen LogP contribution in [0.1, 0.15) is 34.1 Å². The normalized spacial score (nSPS) is 14.3. The van der Waals surface area contributed by atoms with Crippen LogP contribution in [0.5, 0.6) is 0 Å². The van der Waals surface area contributed by atoms with Crippen LogP contribution in [0.3, 0.4) is 0 Å². The zero-order chi connectivity index (χ0) is 7.28. The highest BCUT2D eigenvalue weighted by Crippen LogP contribution is 2.06. The zero-order valence-electron chi connectivity index (χ0n) is 6.77. The van der Waals surface area contributed by atoms with Crippen molar-refractivity contribution in [3.05, 3.63) is 0 Å². The number of hydrogen-bond donors (Lipinski definition) is 0. The second-order valence-corrected chi connectivity index (χ2v) is 4.05. The molecule has 0 bridgehead atoms. The van der Waals surface area contributed by atoms with Crippen LogP contribution in [0, 0.1) is 0 Å². The van der Waals surface area contributed by atoms with Crippen LogP contribution in [0.15, 0.2) is 0 Å². The third-order valence-corrected chi connectivity index (χ3v) is 2.54. The Balaban J connectivity index is 3.06. The summed E-state index contributed by atoms with van der Waals surface area (Å²) in [5.74, 6) is 0. The summed E-state index contributed by atoms with van der Waals surface area (Å²) in [6.45, 7) is 8.58. The molecule has 0 aromatic carbocycles. The molecule has 0 aromatic rings. The topological polar surface area (TPSA) is 9.23 Å². The Labute approximate surface area is 60.7 Å². The molecule has 0 aromatic heterocycles. The predicted octanol–water partition coefficient (Wildman–Crippen LogP) is 2.25. The highest BCUT2D eigenvalue weighted by atomic mass is 28.2. The lowest BCUT2D eigenvalue weighted by molar-refractivity contribution is 0.251. The lowest BCUT2D eigenvalue weighted by Gasteiger charge is -2.09. The Bertz CT molecular complexity index is 63.9. The highest BCUT2D eigenvalue weighted by molar-refractivity contribution is 6.29. The van der Waals surface area contributed by atoms with Crippen molar-refractivity contribution in [1.29, 1.82) is 0 Å². The van der Waals surface area contributed by atoms with Crippen molar-refractivity contribution >= 4 is 9.76 Å². The maximum Gasteiger partial charge on any atom is 0.233 e. The SMILES string of the molecule is CCC(C)[Si]OC(C)C. The van der Waals surface area contributed by atoms with Crippen molar-refractivity contribution in [1.82, 2.24) is 0 Å². The summed E-state index contributed by atoms with van der Waals surface area (Å²) in [5.41, 5.74) is 0.743. The standard InChI is InChI=1S/C7H16OSi/c1-5-7(4)9-8-6(2)3/h6-7H,5H2,1-4H3. The first kappa shape index (κ1) is 9.18. The van der Waals surface area contributed by atoms with Gasteiger partial charge in [0.1, 0.15) is 0 Å². The molecule has 0 spiro atoms. The fourth-order valence-corrected chi connectivity index (χ4v) is 1.01. The Morgan fingerprint density at radius 3 is 2.22 bits per heavy atom. The molecule has 0 aliphatic rings. The number of rotatable bonds is 4. The van der Waals surface area contributed by atoms with E-state index in [-0.39, 0.29) is 0 Å². The molecule has 0 heterocycles. The minimum Gasteiger partial charge on any atom is -0.415 e. The summed E-state index contributed by atoms with van der Waals surface area (Å²) in [5, 5.41) is 0. The van der Waals surface area contributed by atoms with Crippen LogP contribution < -0.4 is 0 Å². The van der Waals surface area contributed by atoms with Crippen molar-refractivity contribution in [2.24, 2.45) is 0 Å².